The van der Waals surface area contributed by atoms with E-state index in [1.807, 2.05) is 78.9 Å². The van der Waals surface area contributed by atoms with Crippen molar-refractivity contribution in [2.75, 3.05) is 6.61 Å². The Morgan fingerprint density at radius 3 is 1.67 bits per heavy atom. The lowest BCUT2D eigenvalue weighted by molar-refractivity contribution is -0.142. The lowest BCUT2D eigenvalue weighted by Crippen LogP contribution is -2.58. The van der Waals surface area contributed by atoms with Gasteiger partial charge in [0, 0.05) is 47.0 Å². The van der Waals surface area contributed by atoms with Gasteiger partial charge < -0.3 is 41.9 Å². The number of carboxylic acid groups (broad SMARTS) is 1. The number of nitrogens with one attached hydrogen (secondary N) is 5. The van der Waals surface area contributed by atoms with Crippen LogP contribution < -0.4 is 21.7 Å². The molecule has 0 saturated heterocycles. The molecule has 2 aromatic heterocycles. The van der Waals surface area contributed by atoms with E-state index in [1.54, 1.807) is 12.4 Å². The number of aliphatic hydroxyl groups excluding tert-OH is 1. The number of amides is 3. The van der Waals surface area contributed by atoms with E-state index >= 15 is 0 Å². The van der Waals surface area contributed by atoms with Gasteiger partial charge in [-0.05, 0) is 35.2 Å². The Morgan fingerprint density at radius 2 is 1.11 bits per heavy atom. The molecule has 0 aliphatic rings. The number of aromatic nitrogens is 2. The van der Waals surface area contributed by atoms with Crippen molar-refractivity contribution in [2.45, 2.75) is 43.4 Å². The summed E-state index contributed by atoms with van der Waals surface area (Å²) in [4.78, 5) is 58.5. The highest BCUT2D eigenvalue weighted by molar-refractivity contribution is 5.95. The summed E-state index contributed by atoms with van der Waals surface area (Å²) in [7, 11) is 0. The summed E-state index contributed by atoms with van der Waals surface area (Å²) >= 11 is 0. The average Bonchev–Trinajstić information content (AvgIpc) is 3.67. The van der Waals surface area contributed by atoms with Crippen LogP contribution in [-0.2, 0) is 38.4 Å². The largest absolute Gasteiger partial charge is 0.480 e. The molecule has 12 heteroatoms. The van der Waals surface area contributed by atoms with Crippen LogP contribution in [0.5, 0.6) is 0 Å². The van der Waals surface area contributed by atoms with E-state index in [9.17, 15) is 29.4 Å². The van der Waals surface area contributed by atoms with Crippen LogP contribution in [-0.4, -0.2) is 74.6 Å². The maximum absolute atomic E-state index is 13.7. The quantitative estimate of drug-likeness (QED) is 0.0915. The van der Waals surface area contributed by atoms with Gasteiger partial charge in [0.2, 0.25) is 17.7 Å². The maximum atomic E-state index is 13.7. The normalized spacial score (nSPS) is 13.9. The van der Waals surface area contributed by atoms with E-state index < -0.39 is 54.5 Å². The Bertz CT molecular complexity index is 1830. The summed E-state index contributed by atoms with van der Waals surface area (Å²) in [5.74, 6) is -3.47. The lowest BCUT2D eigenvalue weighted by atomic mass is 10.0. The number of nitrogens with two attached hydrogens (primary N) is 1. The number of hydrogen-bond acceptors (Lipinski definition) is 6. The molecule has 12 nitrogen and oxygen atoms in total. The first-order valence-corrected chi connectivity index (χ1v) is 14.9. The second-order valence-electron chi connectivity index (χ2n) is 11.1. The first kappa shape index (κ1) is 31.9. The zero-order valence-electron chi connectivity index (χ0n) is 24.9. The Labute approximate surface area is 264 Å². The molecule has 0 radical (unpaired) electrons. The van der Waals surface area contributed by atoms with Gasteiger partial charge in [-0.3, -0.25) is 14.4 Å². The Hall–Kier alpha value is -5.46. The fourth-order valence-corrected chi connectivity index (χ4v) is 5.43. The van der Waals surface area contributed by atoms with Crippen LogP contribution in [0.1, 0.15) is 16.7 Å². The number of carbonyl (C=O) groups is 4. The molecule has 0 aliphatic heterocycles. The van der Waals surface area contributed by atoms with Gasteiger partial charge in [-0.25, -0.2) is 4.79 Å². The fraction of sp³-hybridized carbons (Fsp3) is 0.235. The van der Waals surface area contributed by atoms with Gasteiger partial charge in [0.1, 0.15) is 18.1 Å². The monoisotopic (exact) mass is 624 g/mol. The molecule has 4 atom stereocenters. The third-order valence-electron chi connectivity index (χ3n) is 7.90. The molecule has 2 heterocycles. The summed E-state index contributed by atoms with van der Waals surface area (Å²) in [6.45, 7) is -0.755. The highest BCUT2D eigenvalue weighted by Crippen LogP contribution is 2.21. The fourth-order valence-electron chi connectivity index (χ4n) is 5.43. The second kappa shape index (κ2) is 14.5. The molecule has 238 valence electrons. The van der Waals surface area contributed by atoms with E-state index in [0.29, 0.717) is 11.1 Å². The highest BCUT2D eigenvalue weighted by atomic mass is 16.4. The molecule has 0 aliphatic carbocycles. The van der Waals surface area contributed by atoms with E-state index in [2.05, 4.69) is 25.9 Å². The SMILES string of the molecule is NC(Cc1ccccc1)C(=O)NC(CO)C(=O)NC(Cc1c[nH]c2ccccc12)C(=O)NC(Cc1c[nH]c2ccccc12)C(=O)O. The van der Waals surface area contributed by atoms with Gasteiger partial charge in [-0.1, -0.05) is 66.7 Å². The molecule has 0 fully saturated rings. The molecular weight excluding hydrogens is 588 g/mol. The summed E-state index contributed by atoms with van der Waals surface area (Å²) in [5, 5.41) is 29.4. The molecule has 3 aromatic carbocycles. The van der Waals surface area contributed by atoms with Gasteiger partial charge in [-0.2, -0.15) is 0 Å². The highest BCUT2D eigenvalue weighted by Gasteiger charge is 2.31. The van der Waals surface area contributed by atoms with Gasteiger partial charge in [-0.15, -0.1) is 0 Å². The third kappa shape index (κ3) is 7.60. The molecule has 0 saturated carbocycles. The average molecular weight is 625 g/mol. The number of aromatic amines is 2. The summed E-state index contributed by atoms with van der Waals surface area (Å²) in [5.41, 5.74) is 9.95. The number of fused-ring (bicyclic) bond motifs is 2. The first-order valence-electron chi connectivity index (χ1n) is 14.9. The predicted molar refractivity (Wildman–Crippen MR) is 173 cm³/mol. The molecule has 3 amide bonds. The van der Waals surface area contributed by atoms with Crippen molar-refractivity contribution < 1.29 is 29.4 Å². The van der Waals surface area contributed by atoms with Gasteiger partial charge in [0.25, 0.3) is 0 Å². The minimum Gasteiger partial charge on any atom is -0.480 e. The predicted octanol–water partition coefficient (Wildman–Crippen LogP) is 1.54. The molecule has 5 aromatic rings. The Balaban J connectivity index is 1.33. The van der Waals surface area contributed by atoms with Crippen molar-refractivity contribution in [2.24, 2.45) is 5.73 Å². The topological polar surface area (TPSA) is 202 Å². The smallest absolute Gasteiger partial charge is 0.326 e. The van der Waals surface area contributed by atoms with Crippen LogP contribution in [0.4, 0.5) is 0 Å². The molecule has 0 bridgehead atoms. The standard InChI is InChI=1S/C34H36N6O6/c35-25(14-20-8-2-1-3-9-20)31(42)40-30(19-41)33(44)38-28(15-21-17-36-26-12-6-4-10-23(21)26)32(43)39-29(34(45)46)16-22-18-37-27-13-7-5-11-24(22)27/h1-13,17-18,25,28-30,36-37,41H,14-16,19,35H2,(H,38,44)(H,39,43)(H,40,42)(H,45,46). The number of carboxylic acids is 1. The van der Waals surface area contributed by atoms with E-state index in [1.165, 1.54) is 0 Å². The summed E-state index contributed by atoms with van der Waals surface area (Å²) in [6, 6.07) is 19.0. The molecule has 0 spiro atoms. The van der Waals surface area contributed by atoms with Crippen LogP contribution in [0, 0.1) is 0 Å². The molecule has 9 N–H and O–H groups in total. The zero-order valence-corrected chi connectivity index (χ0v) is 24.9. The molecular formula is C34H36N6O6. The van der Waals surface area contributed by atoms with Crippen LogP contribution >= 0.6 is 0 Å². The maximum Gasteiger partial charge on any atom is 0.326 e. The van der Waals surface area contributed by atoms with Gasteiger partial charge >= 0.3 is 5.97 Å². The zero-order chi connectivity index (χ0) is 32.6. The van der Waals surface area contributed by atoms with Crippen molar-refractivity contribution in [1.82, 2.24) is 25.9 Å². The first-order chi connectivity index (χ1) is 22.2. The number of aliphatic hydroxyl groups is 1. The second-order valence-corrected chi connectivity index (χ2v) is 11.1. The van der Waals surface area contributed by atoms with Crippen molar-refractivity contribution in [3.63, 3.8) is 0 Å². The molecule has 5 rings (SSSR count). The summed E-state index contributed by atoms with van der Waals surface area (Å²) < 4.78 is 0. The minimum absolute atomic E-state index is 0.000622. The minimum atomic E-state index is -1.41. The van der Waals surface area contributed by atoms with E-state index in [4.69, 9.17) is 5.73 Å². The van der Waals surface area contributed by atoms with Gasteiger partial charge in [0.05, 0.1) is 12.6 Å². The van der Waals surface area contributed by atoms with E-state index in [0.717, 1.165) is 27.4 Å². The van der Waals surface area contributed by atoms with Gasteiger partial charge in [0.15, 0.2) is 0 Å². The molecule has 46 heavy (non-hydrogen) atoms. The Kier molecular flexibility index (Phi) is 10.1. The third-order valence-corrected chi connectivity index (χ3v) is 7.90. The lowest BCUT2D eigenvalue weighted by Gasteiger charge is -2.24. The number of benzene rings is 3. The summed E-state index contributed by atoms with van der Waals surface area (Å²) in [6.07, 6.45) is 3.62. The number of carbonyl (C=O) groups excluding carboxylic acids is 3. The van der Waals surface area contributed by atoms with Crippen LogP contribution in [0.15, 0.2) is 91.3 Å². The van der Waals surface area contributed by atoms with E-state index in [-0.39, 0.29) is 19.3 Å². The molecule has 4 unspecified atom stereocenters. The van der Waals surface area contributed by atoms with Crippen molar-refractivity contribution in [3.05, 3.63) is 108 Å². The van der Waals surface area contributed by atoms with Crippen molar-refractivity contribution >= 4 is 45.5 Å². The van der Waals surface area contributed by atoms with Crippen molar-refractivity contribution in [3.8, 4) is 0 Å². The number of rotatable bonds is 14. The number of para-hydroxylation sites is 2. The van der Waals surface area contributed by atoms with Crippen LogP contribution in [0.3, 0.4) is 0 Å². The van der Waals surface area contributed by atoms with Crippen molar-refractivity contribution in [1.29, 1.82) is 0 Å². The van der Waals surface area contributed by atoms with Crippen LogP contribution in [0.25, 0.3) is 21.8 Å². The number of H-pyrrole nitrogens is 2. The number of hydrogen-bond donors (Lipinski definition) is 8. The van der Waals surface area contributed by atoms with Crippen LogP contribution in [0.2, 0.25) is 0 Å². The Morgan fingerprint density at radius 1 is 0.630 bits per heavy atom. The number of aliphatic carboxylic acids is 1.